The smallest absolute Gasteiger partial charge is 0.252 e. The average molecular weight is 622 g/mol. The van der Waals surface area contributed by atoms with E-state index in [-0.39, 0.29) is 12.4 Å². The van der Waals surface area contributed by atoms with Gasteiger partial charge in [0.25, 0.3) is 5.91 Å². The highest BCUT2D eigenvalue weighted by Crippen LogP contribution is 2.23. The van der Waals surface area contributed by atoms with Crippen molar-refractivity contribution in [3.8, 4) is 17.0 Å². The molecular formula is C31H36FN7O4S. The second-order valence-electron chi connectivity index (χ2n) is 10.8. The number of nitrogens with one attached hydrogen (secondary N) is 2. The van der Waals surface area contributed by atoms with E-state index in [1.54, 1.807) is 35.0 Å². The van der Waals surface area contributed by atoms with Gasteiger partial charge in [-0.3, -0.25) is 19.2 Å². The zero-order chi connectivity index (χ0) is 31.1. The molecule has 5 rings (SSSR count). The summed E-state index contributed by atoms with van der Waals surface area (Å²) < 4.78 is 21.1. The lowest BCUT2D eigenvalue weighted by molar-refractivity contribution is -0.125. The van der Waals surface area contributed by atoms with Crippen molar-refractivity contribution in [3.05, 3.63) is 81.7 Å². The summed E-state index contributed by atoms with van der Waals surface area (Å²) in [5, 5.41) is 27.3. The molecule has 44 heavy (non-hydrogen) atoms. The second-order valence-corrected chi connectivity index (χ2v) is 11.7. The minimum absolute atomic E-state index is 0.281. The van der Waals surface area contributed by atoms with E-state index < -0.39 is 24.0 Å². The minimum Gasteiger partial charge on any atom is -0.493 e. The molecule has 2 aromatic heterocycles. The molecule has 2 amide bonds. The highest BCUT2D eigenvalue weighted by Gasteiger charge is 2.26. The van der Waals surface area contributed by atoms with Crippen LogP contribution >= 0.6 is 11.3 Å². The fraction of sp³-hybridized carbons (Fsp3) is 0.387. The number of benzene rings is 2. The Hall–Kier alpha value is -4.20. The molecule has 3 N–H and O–H groups in total. The first-order valence-corrected chi connectivity index (χ1v) is 15.4. The van der Waals surface area contributed by atoms with Gasteiger partial charge in [-0.2, -0.15) is 0 Å². The average Bonchev–Trinajstić information content (AvgIpc) is 3.67. The number of ether oxygens (including phenoxy) is 1. The maximum atomic E-state index is 13.4. The molecule has 11 nitrogen and oxygen atoms in total. The highest BCUT2D eigenvalue weighted by molar-refractivity contribution is 7.09. The molecule has 0 spiro atoms. The second kappa shape index (κ2) is 14.5. The van der Waals surface area contributed by atoms with E-state index in [0.29, 0.717) is 56.9 Å². The van der Waals surface area contributed by atoms with Crippen molar-refractivity contribution in [3.63, 3.8) is 0 Å². The van der Waals surface area contributed by atoms with Gasteiger partial charge < -0.3 is 20.5 Å². The van der Waals surface area contributed by atoms with Crippen LogP contribution in [-0.4, -0.2) is 80.2 Å². The number of aromatic nitrogens is 4. The standard InChI is InChI=1S/C31H36FN7O4S/c1-20-4-5-23-16-27(20)43-15-3-12-39-17-25(36-37-39)10-13-38(14-11-33-31(42)29(21(2)40)35-30(23)41)18-28-34-26(19-44-28)22-6-8-24(32)9-7-22/h4-9,16-17,19,21,29,40H,3,10-15,18H2,1-2H3,(H,33,42)(H,35,41)/t21-,29+/m1/s1. The molecule has 1 aliphatic rings. The number of rotatable bonds is 4. The van der Waals surface area contributed by atoms with Crippen molar-refractivity contribution in [2.24, 2.45) is 0 Å². The predicted octanol–water partition coefficient (Wildman–Crippen LogP) is 2.97. The number of hydrogen-bond donors (Lipinski definition) is 3. The first-order valence-electron chi connectivity index (χ1n) is 14.6. The van der Waals surface area contributed by atoms with E-state index in [2.05, 4.69) is 25.8 Å². The summed E-state index contributed by atoms with van der Waals surface area (Å²) in [4.78, 5) is 33.1. The number of fused-ring (bicyclic) bond motifs is 4. The molecule has 1 aliphatic heterocycles. The Labute approximate surface area is 259 Å². The van der Waals surface area contributed by atoms with Crippen molar-refractivity contribution >= 4 is 23.2 Å². The fourth-order valence-corrected chi connectivity index (χ4v) is 5.66. The molecule has 4 bridgehead atoms. The summed E-state index contributed by atoms with van der Waals surface area (Å²) >= 11 is 1.51. The molecule has 0 aliphatic carbocycles. The third kappa shape index (κ3) is 8.24. The van der Waals surface area contributed by atoms with Crippen molar-refractivity contribution in [2.45, 2.75) is 51.9 Å². The van der Waals surface area contributed by atoms with Crippen LogP contribution in [0.4, 0.5) is 4.39 Å². The number of amides is 2. The number of carbonyl (C=O) groups excluding carboxylic acids is 2. The van der Waals surface area contributed by atoms with Gasteiger partial charge in [0.1, 0.15) is 22.6 Å². The lowest BCUT2D eigenvalue weighted by Gasteiger charge is -2.24. The van der Waals surface area contributed by atoms with Gasteiger partial charge in [-0.05, 0) is 55.8 Å². The SMILES string of the molecule is Cc1ccc2cc1OCCCn1cc(nn1)CCN(Cc1nc(-c3ccc(F)cc3)cs1)CCNC(=O)[C@H]([C@@H](C)O)NC2=O. The third-order valence-corrected chi connectivity index (χ3v) is 8.17. The van der Waals surface area contributed by atoms with Crippen molar-refractivity contribution in [1.82, 2.24) is 35.5 Å². The summed E-state index contributed by atoms with van der Waals surface area (Å²) in [6, 6.07) is 10.2. The summed E-state index contributed by atoms with van der Waals surface area (Å²) in [6.45, 7) is 6.34. The van der Waals surface area contributed by atoms with Crippen molar-refractivity contribution < 1.29 is 23.8 Å². The number of aliphatic hydroxyl groups excluding tert-OH is 1. The summed E-state index contributed by atoms with van der Waals surface area (Å²) in [5.74, 6) is -0.688. The highest BCUT2D eigenvalue weighted by atomic mass is 32.1. The van der Waals surface area contributed by atoms with Crippen LogP contribution in [0.5, 0.6) is 5.75 Å². The normalized spacial score (nSPS) is 18.1. The molecule has 0 unspecified atom stereocenters. The Bertz CT molecular complexity index is 1570. The van der Waals surface area contributed by atoms with Crippen LogP contribution in [0.3, 0.4) is 0 Å². The maximum Gasteiger partial charge on any atom is 0.252 e. The minimum atomic E-state index is -1.14. The van der Waals surface area contributed by atoms with Gasteiger partial charge >= 0.3 is 0 Å². The summed E-state index contributed by atoms with van der Waals surface area (Å²) in [5.41, 5.74) is 3.66. The number of halogens is 1. The van der Waals surface area contributed by atoms with Gasteiger partial charge in [0.2, 0.25) is 5.91 Å². The molecule has 0 saturated heterocycles. The number of nitrogens with zero attached hydrogens (tertiary/aromatic N) is 5. The molecule has 0 saturated carbocycles. The van der Waals surface area contributed by atoms with E-state index in [4.69, 9.17) is 9.72 Å². The van der Waals surface area contributed by atoms with Gasteiger partial charge in [0, 0.05) is 61.7 Å². The predicted molar refractivity (Wildman–Crippen MR) is 164 cm³/mol. The van der Waals surface area contributed by atoms with E-state index in [1.165, 1.54) is 30.4 Å². The third-order valence-electron chi connectivity index (χ3n) is 7.34. The molecule has 4 aromatic rings. The lowest BCUT2D eigenvalue weighted by atomic mass is 10.1. The monoisotopic (exact) mass is 621 g/mol. The Balaban J connectivity index is 1.32. The van der Waals surface area contributed by atoms with Gasteiger partial charge in [-0.15, -0.1) is 16.4 Å². The van der Waals surface area contributed by atoms with Crippen LogP contribution in [0.2, 0.25) is 0 Å². The van der Waals surface area contributed by atoms with Crippen LogP contribution in [0, 0.1) is 12.7 Å². The number of aryl methyl sites for hydroxylation is 2. The van der Waals surface area contributed by atoms with Crippen molar-refractivity contribution in [1.29, 1.82) is 0 Å². The molecule has 2 atom stereocenters. The quantitative estimate of drug-likeness (QED) is 0.317. The van der Waals surface area contributed by atoms with Crippen LogP contribution in [0.15, 0.2) is 54.0 Å². The topological polar surface area (TPSA) is 134 Å². The number of thiazole rings is 1. The van der Waals surface area contributed by atoms with Gasteiger partial charge in [-0.25, -0.2) is 9.37 Å². The first kappa shape index (κ1) is 31.2. The van der Waals surface area contributed by atoms with Crippen LogP contribution in [0.25, 0.3) is 11.3 Å². The van der Waals surface area contributed by atoms with E-state index in [0.717, 1.165) is 27.5 Å². The van der Waals surface area contributed by atoms with E-state index in [9.17, 15) is 19.1 Å². The largest absolute Gasteiger partial charge is 0.493 e. The zero-order valence-electron chi connectivity index (χ0n) is 24.7. The Morgan fingerprint density at radius 3 is 2.73 bits per heavy atom. The Morgan fingerprint density at radius 2 is 1.93 bits per heavy atom. The molecule has 232 valence electrons. The number of carbonyl (C=O) groups is 2. The van der Waals surface area contributed by atoms with E-state index >= 15 is 0 Å². The molecule has 0 fully saturated rings. The summed E-state index contributed by atoms with van der Waals surface area (Å²) in [7, 11) is 0. The Morgan fingerprint density at radius 1 is 1.14 bits per heavy atom. The molecule has 13 heteroatoms. The van der Waals surface area contributed by atoms with Crippen molar-refractivity contribution in [2.75, 3.05) is 26.2 Å². The molecule has 3 heterocycles. The zero-order valence-corrected chi connectivity index (χ0v) is 25.5. The number of hydrogen-bond acceptors (Lipinski definition) is 9. The first-order chi connectivity index (χ1) is 21.2. The van der Waals surface area contributed by atoms with Crippen LogP contribution < -0.4 is 15.4 Å². The van der Waals surface area contributed by atoms with Gasteiger partial charge in [0.15, 0.2) is 0 Å². The van der Waals surface area contributed by atoms with Crippen LogP contribution in [0.1, 0.15) is 40.0 Å². The Kier molecular flexibility index (Phi) is 10.3. The molecule has 0 radical (unpaired) electrons. The molecular weight excluding hydrogens is 585 g/mol. The van der Waals surface area contributed by atoms with Crippen LogP contribution in [-0.2, 0) is 24.3 Å². The summed E-state index contributed by atoms with van der Waals surface area (Å²) in [6.07, 6.45) is 2.14. The fourth-order valence-electron chi connectivity index (χ4n) is 4.82. The van der Waals surface area contributed by atoms with Gasteiger partial charge in [0.05, 0.1) is 30.6 Å². The molecule has 2 aromatic carbocycles. The maximum absolute atomic E-state index is 13.4. The van der Waals surface area contributed by atoms with E-state index in [1.807, 2.05) is 18.5 Å². The lowest BCUT2D eigenvalue weighted by Crippen LogP contribution is -2.53. The number of aliphatic hydroxyl groups is 1. The van der Waals surface area contributed by atoms with Gasteiger partial charge in [-0.1, -0.05) is 11.3 Å².